The predicted octanol–water partition coefficient (Wildman–Crippen LogP) is 4.89. The van der Waals surface area contributed by atoms with Gasteiger partial charge in [-0.3, -0.25) is 9.36 Å². The second kappa shape index (κ2) is 9.50. The van der Waals surface area contributed by atoms with Gasteiger partial charge < -0.3 is 14.5 Å². The number of aryl methyl sites for hydroxylation is 2. The van der Waals surface area contributed by atoms with Crippen molar-refractivity contribution in [2.45, 2.75) is 57.7 Å². The minimum Gasteiger partial charge on any atom is -0.469 e. The Hall–Kier alpha value is -2.59. The Bertz CT molecular complexity index is 1150. The van der Waals surface area contributed by atoms with Crippen LogP contribution < -0.4 is 5.32 Å². The number of amides is 1. The summed E-state index contributed by atoms with van der Waals surface area (Å²) >= 11 is 2.80. The van der Waals surface area contributed by atoms with E-state index in [1.165, 1.54) is 35.1 Å². The van der Waals surface area contributed by atoms with Crippen LogP contribution in [0.25, 0.3) is 11.4 Å². The first-order chi connectivity index (χ1) is 15.4. The lowest BCUT2D eigenvalue weighted by atomic mass is 9.95. The molecule has 10 heteroatoms. The summed E-state index contributed by atoms with van der Waals surface area (Å²) in [6, 6.07) is 1.97. The van der Waals surface area contributed by atoms with Crippen LogP contribution in [-0.4, -0.2) is 39.5 Å². The highest BCUT2D eigenvalue weighted by Gasteiger charge is 2.27. The van der Waals surface area contributed by atoms with E-state index in [1.807, 2.05) is 31.4 Å². The minimum absolute atomic E-state index is 0.106. The molecule has 8 nitrogen and oxygen atoms in total. The molecule has 3 heterocycles. The molecule has 0 spiro atoms. The summed E-state index contributed by atoms with van der Waals surface area (Å²) in [7, 11) is 1.37. The molecule has 1 aliphatic rings. The number of ether oxygens (including phenoxy) is 1. The Morgan fingerprint density at radius 1 is 1.31 bits per heavy atom. The molecule has 32 heavy (non-hydrogen) atoms. The zero-order valence-corrected chi connectivity index (χ0v) is 20.2. The molecule has 3 aromatic rings. The van der Waals surface area contributed by atoms with Crippen LogP contribution in [-0.2, 0) is 22.4 Å². The number of nitrogens with one attached hydrogen (secondary N) is 1. The smallest absolute Gasteiger partial charge is 0.341 e. The third-order valence-corrected chi connectivity index (χ3v) is 7.58. The first-order valence-corrected chi connectivity index (χ1v) is 12.4. The molecule has 0 aliphatic heterocycles. The lowest BCUT2D eigenvalue weighted by Crippen LogP contribution is -2.17. The Labute approximate surface area is 194 Å². The van der Waals surface area contributed by atoms with Gasteiger partial charge in [-0.15, -0.1) is 21.5 Å². The van der Waals surface area contributed by atoms with Gasteiger partial charge in [-0.2, -0.15) is 0 Å². The van der Waals surface area contributed by atoms with Gasteiger partial charge in [-0.1, -0.05) is 11.8 Å². The van der Waals surface area contributed by atoms with Crippen LogP contribution in [0, 0.1) is 6.92 Å². The summed E-state index contributed by atoms with van der Waals surface area (Å²) in [6.45, 7) is 5.98. The van der Waals surface area contributed by atoms with E-state index in [1.54, 1.807) is 6.26 Å². The Morgan fingerprint density at radius 3 is 2.78 bits per heavy atom. The number of thiophene rings is 1. The fourth-order valence-electron chi connectivity index (χ4n) is 3.91. The quantitative estimate of drug-likeness (QED) is 0.385. The van der Waals surface area contributed by atoms with Crippen molar-refractivity contribution in [1.29, 1.82) is 0 Å². The fourth-order valence-corrected chi connectivity index (χ4v) is 6.07. The van der Waals surface area contributed by atoms with E-state index in [-0.39, 0.29) is 17.7 Å². The molecule has 0 saturated heterocycles. The summed E-state index contributed by atoms with van der Waals surface area (Å²) in [5.74, 6) is 1.04. The molecule has 0 bridgehead atoms. The second-order valence-corrected chi connectivity index (χ2v) is 9.95. The second-order valence-electron chi connectivity index (χ2n) is 7.90. The lowest BCUT2D eigenvalue weighted by Gasteiger charge is -2.13. The number of esters is 1. The van der Waals surface area contributed by atoms with E-state index >= 15 is 0 Å². The highest BCUT2D eigenvalue weighted by Crippen LogP contribution is 2.39. The van der Waals surface area contributed by atoms with Gasteiger partial charge in [-0.25, -0.2) is 4.79 Å². The maximum atomic E-state index is 12.8. The Balaban J connectivity index is 1.51. The number of anilines is 1. The summed E-state index contributed by atoms with van der Waals surface area (Å²) in [5, 5.41) is 12.8. The number of rotatable bonds is 7. The topological polar surface area (TPSA) is 99.2 Å². The van der Waals surface area contributed by atoms with Crippen LogP contribution in [0.1, 0.15) is 59.3 Å². The highest BCUT2D eigenvalue weighted by atomic mass is 32.2. The summed E-state index contributed by atoms with van der Waals surface area (Å²) in [5.41, 5.74) is 2.42. The Morgan fingerprint density at radius 2 is 2.09 bits per heavy atom. The van der Waals surface area contributed by atoms with Gasteiger partial charge in [0.2, 0.25) is 5.91 Å². The van der Waals surface area contributed by atoms with Crippen molar-refractivity contribution in [3.63, 3.8) is 0 Å². The number of nitrogens with zero attached hydrogens (tertiary/aromatic N) is 3. The van der Waals surface area contributed by atoms with Gasteiger partial charge in [0, 0.05) is 10.9 Å². The SMILES string of the molecule is COC(=O)c1c(NC(=O)CSc2nnc(-c3ccoc3C)n2C(C)C)sc2c1CCCC2. The van der Waals surface area contributed by atoms with Crippen molar-refractivity contribution in [2.75, 3.05) is 18.2 Å². The molecule has 170 valence electrons. The van der Waals surface area contributed by atoms with E-state index in [9.17, 15) is 9.59 Å². The molecule has 0 fully saturated rings. The van der Waals surface area contributed by atoms with Crippen LogP contribution in [0.5, 0.6) is 0 Å². The summed E-state index contributed by atoms with van der Waals surface area (Å²) in [6.07, 6.45) is 5.54. The maximum Gasteiger partial charge on any atom is 0.341 e. The van der Waals surface area contributed by atoms with E-state index in [0.717, 1.165) is 42.6 Å². The van der Waals surface area contributed by atoms with Gasteiger partial charge >= 0.3 is 5.97 Å². The predicted molar refractivity (Wildman–Crippen MR) is 125 cm³/mol. The van der Waals surface area contributed by atoms with Crippen molar-refractivity contribution >= 4 is 40.0 Å². The largest absolute Gasteiger partial charge is 0.469 e. The number of aromatic nitrogens is 3. The number of carbonyl (C=O) groups excluding carboxylic acids is 2. The fraction of sp³-hybridized carbons (Fsp3) is 0.455. The lowest BCUT2D eigenvalue weighted by molar-refractivity contribution is -0.113. The number of methoxy groups -OCH3 is 1. The third-order valence-electron chi connectivity index (χ3n) is 5.43. The first kappa shape index (κ1) is 22.6. The minimum atomic E-state index is -0.396. The summed E-state index contributed by atoms with van der Waals surface area (Å²) < 4.78 is 12.4. The van der Waals surface area contributed by atoms with E-state index in [0.29, 0.717) is 21.5 Å². The molecule has 0 unspecified atom stereocenters. The standard InChI is InChI=1S/C22H26N4O4S2/c1-12(2)26-19(14-9-10-30-13(14)3)24-25-22(26)31-11-17(27)23-20-18(21(28)29-4)15-7-5-6-8-16(15)32-20/h9-10,12H,5-8,11H2,1-4H3,(H,23,27). The van der Waals surface area contributed by atoms with E-state index < -0.39 is 5.97 Å². The molecule has 1 aliphatic carbocycles. The van der Waals surface area contributed by atoms with Gasteiger partial charge in [-0.05, 0) is 58.1 Å². The molecule has 0 atom stereocenters. The monoisotopic (exact) mass is 474 g/mol. The Kier molecular flexibility index (Phi) is 6.71. The molecule has 0 saturated carbocycles. The molecule has 3 aromatic heterocycles. The summed E-state index contributed by atoms with van der Waals surface area (Å²) in [4.78, 5) is 26.3. The van der Waals surface area contributed by atoms with Crippen LogP contribution in [0.2, 0.25) is 0 Å². The van der Waals surface area contributed by atoms with Gasteiger partial charge in [0.05, 0.1) is 30.3 Å². The van der Waals surface area contributed by atoms with Crippen molar-refractivity contribution in [3.8, 4) is 11.4 Å². The molecule has 4 rings (SSSR count). The normalized spacial score (nSPS) is 13.3. The average molecular weight is 475 g/mol. The number of hydrogen-bond acceptors (Lipinski definition) is 8. The van der Waals surface area contributed by atoms with Crippen molar-refractivity contribution < 1.29 is 18.7 Å². The van der Waals surface area contributed by atoms with Crippen LogP contribution in [0.15, 0.2) is 21.9 Å². The van der Waals surface area contributed by atoms with Crippen LogP contribution in [0.4, 0.5) is 5.00 Å². The van der Waals surface area contributed by atoms with Crippen molar-refractivity contribution in [1.82, 2.24) is 14.8 Å². The zero-order chi connectivity index (χ0) is 22.8. The first-order valence-electron chi connectivity index (χ1n) is 10.6. The zero-order valence-electron chi connectivity index (χ0n) is 18.6. The van der Waals surface area contributed by atoms with Crippen LogP contribution >= 0.6 is 23.1 Å². The number of carbonyl (C=O) groups is 2. The molecular weight excluding hydrogens is 448 g/mol. The molecular formula is C22H26N4O4S2. The number of hydrogen-bond donors (Lipinski definition) is 1. The van der Waals surface area contributed by atoms with Crippen molar-refractivity contribution in [2.24, 2.45) is 0 Å². The van der Waals surface area contributed by atoms with E-state index in [2.05, 4.69) is 15.5 Å². The highest BCUT2D eigenvalue weighted by molar-refractivity contribution is 7.99. The van der Waals surface area contributed by atoms with Crippen LogP contribution in [0.3, 0.4) is 0 Å². The molecule has 1 amide bonds. The maximum absolute atomic E-state index is 12.8. The molecule has 0 aromatic carbocycles. The van der Waals surface area contributed by atoms with E-state index in [4.69, 9.17) is 9.15 Å². The van der Waals surface area contributed by atoms with Gasteiger partial charge in [0.1, 0.15) is 10.8 Å². The van der Waals surface area contributed by atoms with Crippen molar-refractivity contribution in [3.05, 3.63) is 34.1 Å². The van der Waals surface area contributed by atoms with Gasteiger partial charge in [0.25, 0.3) is 0 Å². The number of fused-ring (bicyclic) bond motifs is 1. The molecule has 0 radical (unpaired) electrons. The number of furan rings is 1. The molecule has 1 N–H and O–H groups in total. The number of thioether (sulfide) groups is 1. The average Bonchev–Trinajstić information content (AvgIpc) is 3.47. The van der Waals surface area contributed by atoms with Gasteiger partial charge in [0.15, 0.2) is 11.0 Å². The third kappa shape index (κ3) is 4.33.